The van der Waals surface area contributed by atoms with E-state index in [1.807, 2.05) is 24.3 Å². The molecule has 0 amide bonds. The molecule has 1 atom stereocenters. The topological polar surface area (TPSA) is 56.0 Å². The molecule has 0 bridgehead atoms. The second kappa shape index (κ2) is 6.10. The molecule has 104 valence electrons. The molecule has 0 N–H and O–H groups in total. The molecular formula is C14H13BrN2O2S. The van der Waals surface area contributed by atoms with Gasteiger partial charge in [-0.05, 0) is 37.1 Å². The van der Waals surface area contributed by atoms with Gasteiger partial charge in [0.2, 0.25) is 5.89 Å². The Labute approximate surface area is 129 Å². The summed E-state index contributed by atoms with van der Waals surface area (Å²) in [5.74, 6) is 1.83. The number of halogens is 1. The van der Waals surface area contributed by atoms with Gasteiger partial charge in [-0.1, -0.05) is 21.1 Å². The molecule has 3 rings (SSSR count). The number of rotatable bonds is 4. The van der Waals surface area contributed by atoms with E-state index < -0.39 is 0 Å². The van der Waals surface area contributed by atoms with Gasteiger partial charge in [-0.2, -0.15) is 4.98 Å². The molecule has 0 saturated heterocycles. The zero-order chi connectivity index (χ0) is 13.9. The fraction of sp³-hybridized carbons (Fsp3) is 0.357. The molecule has 1 fully saturated rings. The summed E-state index contributed by atoms with van der Waals surface area (Å²) in [5.41, 5.74) is 0. The van der Waals surface area contributed by atoms with Crippen LogP contribution < -0.4 is 0 Å². The van der Waals surface area contributed by atoms with Crippen LogP contribution in [0, 0.1) is 0 Å². The molecule has 1 saturated carbocycles. The molecule has 1 aromatic carbocycles. The molecule has 0 spiro atoms. The summed E-state index contributed by atoms with van der Waals surface area (Å²) in [5, 5.41) is 3.96. The fourth-order valence-electron chi connectivity index (χ4n) is 2.22. The summed E-state index contributed by atoms with van der Waals surface area (Å²) in [7, 11) is 0. The maximum atomic E-state index is 11.7. The van der Waals surface area contributed by atoms with Gasteiger partial charge in [-0.3, -0.25) is 4.79 Å². The highest BCUT2D eigenvalue weighted by Crippen LogP contribution is 2.30. The van der Waals surface area contributed by atoms with Crippen LogP contribution in [0.4, 0.5) is 0 Å². The van der Waals surface area contributed by atoms with E-state index in [1.54, 1.807) is 11.8 Å². The van der Waals surface area contributed by atoms with Crippen molar-refractivity contribution in [1.82, 2.24) is 10.1 Å². The number of aromatic nitrogens is 2. The van der Waals surface area contributed by atoms with Crippen LogP contribution in [0.25, 0.3) is 0 Å². The van der Waals surface area contributed by atoms with Crippen molar-refractivity contribution in [3.05, 3.63) is 40.5 Å². The van der Waals surface area contributed by atoms with Crippen molar-refractivity contribution in [3.63, 3.8) is 0 Å². The third kappa shape index (κ3) is 3.12. The third-order valence-corrected chi connectivity index (χ3v) is 4.80. The predicted molar refractivity (Wildman–Crippen MR) is 79.6 cm³/mol. The number of Topliss-reactive ketones (excluding diaryl/α,β-unsaturated/α-hetero) is 1. The first-order valence-electron chi connectivity index (χ1n) is 6.46. The van der Waals surface area contributed by atoms with E-state index in [0.717, 1.165) is 22.2 Å². The van der Waals surface area contributed by atoms with Gasteiger partial charge in [-0.25, -0.2) is 0 Å². The normalized spacial score (nSPS) is 18.6. The van der Waals surface area contributed by atoms with Crippen molar-refractivity contribution in [2.75, 3.05) is 0 Å². The Kier molecular flexibility index (Phi) is 4.21. The summed E-state index contributed by atoms with van der Waals surface area (Å²) < 4.78 is 6.28. The largest absolute Gasteiger partial charge is 0.339 e. The van der Waals surface area contributed by atoms with Gasteiger partial charge < -0.3 is 4.52 Å². The van der Waals surface area contributed by atoms with Gasteiger partial charge in [0.05, 0.1) is 11.7 Å². The molecule has 2 aromatic rings. The van der Waals surface area contributed by atoms with Crippen LogP contribution in [0.1, 0.15) is 36.9 Å². The first-order valence-corrected chi connectivity index (χ1v) is 8.24. The van der Waals surface area contributed by atoms with Gasteiger partial charge in [0, 0.05) is 15.8 Å². The van der Waals surface area contributed by atoms with Crippen LogP contribution >= 0.6 is 27.7 Å². The highest BCUT2D eigenvalue weighted by Gasteiger charge is 2.30. The molecule has 20 heavy (non-hydrogen) atoms. The Bertz CT molecular complexity index is 612. The van der Waals surface area contributed by atoms with Gasteiger partial charge in [-0.15, -0.1) is 11.8 Å². The van der Waals surface area contributed by atoms with Crippen molar-refractivity contribution in [2.45, 2.75) is 35.8 Å². The molecule has 0 radical (unpaired) electrons. The number of hydrogen-bond donors (Lipinski definition) is 0. The molecule has 1 unspecified atom stereocenters. The molecule has 0 aliphatic heterocycles. The third-order valence-electron chi connectivity index (χ3n) is 3.27. The SMILES string of the molecule is O=C1CCCC1c1nc(CSc2ccc(Br)cc2)no1. The average Bonchev–Trinajstić information content (AvgIpc) is 3.06. The van der Waals surface area contributed by atoms with E-state index in [4.69, 9.17) is 4.52 Å². The summed E-state index contributed by atoms with van der Waals surface area (Å²) in [6.07, 6.45) is 2.39. The maximum absolute atomic E-state index is 11.7. The number of ketones is 1. The number of benzene rings is 1. The lowest BCUT2D eigenvalue weighted by molar-refractivity contribution is -0.119. The van der Waals surface area contributed by atoms with E-state index in [1.165, 1.54) is 0 Å². The van der Waals surface area contributed by atoms with Gasteiger partial charge in [0.15, 0.2) is 5.82 Å². The average molecular weight is 353 g/mol. The monoisotopic (exact) mass is 352 g/mol. The minimum atomic E-state index is -0.172. The number of carbonyl (C=O) groups excluding carboxylic acids is 1. The van der Waals surface area contributed by atoms with Crippen molar-refractivity contribution in [1.29, 1.82) is 0 Å². The van der Waals surface area contributed by atoms with Gasteiger partial charge in [0.1, 0.15) is 5.78 Å². The van der Waals surface area contributed by atoms with Crippen LogP contribution in [-0.2, 0) is 10.5 Å². The molecule has 4 nitrogen and oxygen atoms in total. The first-order chi connectivity index (χ1) is 9.72. The first kappa shape index (κ1) is 13.8. The number of nitrogens with zero attached hydrogens (tertiary/aromatic N) is 2. The Morgan fingerprint density at radius 1 is 1.35 bits per heavy atom. The number of carbonyl (C=O) groups is 1. The van der Waals surface area contributed by atoms with Crippen molar-refractivity contribution < 1.29 is 9.32 Å². The van der Waals surface area contributed by atoms with Crippen LogP contribution in [-0.4, -0.2) is 15.9 Å². The zero-order valence-corrected chi connectivity index (χ0v) is 13.1. The lowest BCUT2D eigenvalue weighted by Gasteiger charge is -1.99. The van der Waals surface area contributed by atoms with Crippen LogP contribution in [0.15, 0.2) is 38.2 Å². The summed E-state index contributed by atoms with van der Waals surface area (Å²) in [6, 6.07) is 8.08. The van der Waals surface area contributed by atoms with Crippen molar-refractivity contribution in [3.8, 4) is 0 Å². The van der Waals surface area contributed by atoms with Gasteiger partial charge >= 0.3 is 0 Å². The smallest absolute Gasteiger partial charge is 0.237 e. The number of hydrogen-bond acceptors (Lipinski definition) is 5. The molecule has 1 aliphatic rings. The van der Waals surface area contributed by atoms with E-state index in [0.29, 0.717) is 23.9 Å². The zero-order valence-electron chi connectivity index (χ0n) is 10.7. The Hall–Kier alpha value is -1.14. The van der Waals surface area contributed by atoms with Gasteiger partial charge in [0.25, 0.3) is 0 Å². The molecule has 1 aliphatic carbocycles. The molecule has 6 heteroatoms. The van der Waals surface area contributed by atoms with E-state index in [-0.39, 0.29) is 11.7 Å². The summed E-state index contributed by atoms with van der Waals surface area (Å²) in [6.45, 7) is 0. The summed E-state index contributed by atoms with van der Waals surface area (Å²) in [4.78, 5) is 17.2. The van der Waals surface area contributed by atoms with E-state index in [9.17, 15) is 4.79 Å². The second-order valence-corrected chi connectivity index (χ2v) is 6.67. The molecule has 1 aromatic heterocycles. The molecule has 1 heterocycles. The van der Waals surface area contributed by atoms with E-state index >= 15 is 0 Å². The van der Waals surface area contributed by atoms with Crippen molar-refractivity contribution in [2.24, 2.45) is 0 Å². The van der Waals surface area contributed by atoms with Crippen molar-refractivity contribution >= 4 is 33.5 Å². The second-order valence-electron chi connectivity index (χ2n) is 4.70. The Morgan fingerprint density at radius 2 is 2.15 bits per heavy atom. The lowest BCUT2D eigenvalue weighted by atomic mass is 10.1. The van der Waals surface area contributed by atoms with Crippen LogP contribution in [0.3, 0.4) is 0 Å². The lowest BCUT2D eigenvalue weighted by Crippen LogP contribution is -2.04. The Morgan fingerprint density at radius 3 is 2.85 bits per heavy atom. The fourth-order valence-corrected chi connectivity index (χ4v) is 3.23. The maximum Gasteiger partial charge on any atom is 0.237 e. The quantitative estimate of drug-likeness (QED) is 0.779. The van der Waals surface area contributed by atoms with Crippen LogP contribution in [0.2, 0.25) is 0 Å². The highest BCUT2D eigenvalue weighted by molar-refractivity contribution is 9.10. The highest BCUT2D eigenvalue weighted by atomic mass is 79.9. The summed E-state index contributed by atoms with van der Waals surface area (Å²) >= 11 is 5.06. The Balaban J connectivity index is 1.62. The minimum Gasteiger partial charge on any atom is -0.339 e. The standard InChI is InChI=1S/C14H13BrN2O2S/c15-9-4-6-10(7-5-9)20-8-13-16-14(19-17-13)11-2-1-3-12(11)18/h4-7,11H,1-3,8H2. The van der Waals surface area contributed by atoms with E-state index in [2.05, 4.69) is 26.1 Å². The van der Waals surface area contributed by atoms with Crippen LogP contribution in [0.5, 0.6) is 0 Å². The molecular weight excluding hydrogens is 340 g/mol. The minimum absolute atomic E-state index is 0.172. The number of thioether (sulfide) groups is 1. The predicted octanol–water partition coefficient (Wildman–Crippen LogP) is 3.96.